The average molecular weight is 444 g/mol. The van der Waals surface area contributed by atoms with E-state index in [9.17, 15) is 14.4 Å². The van der Waals surface area contributed by atoms with Crippen LogP contribution in [-0.4, -0.2) is 60.3 Å². The summed E-state index contributed by atoms with van der Waals surface area (Å²) in [4.78, 5) is 44.3. The van der Waals surface area contributed by atoms with E-state index in [0.717, 1.165) is 5.56 Å². The number of anilines is 1. The number of rotatable bonds is 6. The average Bonchev–Trinajstić information content (AvgIpc) is 2.88. The van der Waals surface area contributed by atoms with Gasteiger partial charge in [-0.3, -0.25) is 14.4 Å². The van der Waals surface area contributed by atoms with E-state index in [-0.39, 0.29) is 12.3 Å². The zero-order valence-corrected chi connectivity index (χ0v) is 17.8. The standard InChI is InChI=1S/C21H20ClN4O3S/c1-25(20(28)16(23)12-30)19-21(29)26(9-10-27)17-8-7-14(22)11-15(17)18(24-19)13-5-3-2-4-6-13/h2-8,11,16,19,30H,9,12,23H2,1H3. The summed E-state index contributed by atoms with van der Waals surface area (Å²) in [6, 6.07) is 13.3. The van der Waals surface area contributed by atoms with Crippen molar-refractivity contribution in [1.82, 2.24) is 4.90 Å². The van der Waals surface area contributed by atoms with Gasteiger partial charge in [0.15, 0.2) is 0 Å². The molecule has 0 spiro atoms. The minimum Gasteiger partial charge on any atom is -0.319 e. The van der Waals surface area contributed by atoms with E-state index >= 15 is 0 Å². The van der Waals surface area contributed by atoms with Crippen LogP contribution in [0, 0.1) is 0 Å². The molecule has 0 aliphatic carbocycles. The molecule has 30 heavy (non-hydrogen) atoms. The van der Waals surface area contributed by atoms with Gasteiger partial charge in [-0.2, -0.15) is 12.6 Å². The third-order valence-electron chi connectivity index (χ3n) is 4.74. The highest BCUT2D eigenvalue weighted by molar-refractivity contribution is 7.80. The van der Waals surface area contributed by atoms with Crippen LogP contribution in [0.4, 0.5) is 5.69 Å². The van der Waals surface area contributed by atoms with Crippen LogP contribution in [0.5, 0.6) is 0 Å². The molecule has 0 bridgehead atoms. The maximum Gasteiger partial charge on any atom is 0.272 e. The van der Waals surface area contributed by atoms with Gasteiger partial charge in [-0.15, -0.1) is 0 Å². The van der Waals surface area contributed by atoms with Crippen molar-refractivity contribution in [3.05, 3.63) is 64.7 Å². The van der Waals surface area contributed by atoms with Gasteiger partial charge >= 0.3 is 0 Å². The van der Waals surface area contributed by atoms with Crippen LogP contribution in [-0.2, 0) is 14.4 Å². The number of nitrogens with two attached hydrogens (primary N) is 1. The lowest BCUT2D eigenvalue weighted by molar-refractivity contribution is -0.138. The second-order valence-electron chi connectivity index (χ2n) is 6.69. The summed E-state index contributed by atoms with van der Waals surface area (Å²) in [5.41, 5.74) is 8.06. The molecule has 1 heterocycles. The molecule has 2 aromatic carbocycles. The molecule has 7 nitrogen and oxygen atoms in total. The number of hydrogen-bond acceptors (Lipinski definition) is 6. The first kappa shape index (κ1) is 22.0. The molecule has 1 aliphatic rings. The maximum absolute atomic E-state index is 13.4. The first-order valence-electron chi connectivity index (χ1n) is 9.11. The lowest BCUT2D eigenvalue weighted by atomic mass is 10.0. The lowest BCUT2D eigenvalue weighted by Gasteiger charge is -2.29. The van der Waals surface area contributed by atoms with Crippen molar-refractivity contribution >= 4 is 53.7 Å². The quantitative estimate of drug-likeness (QED) is 0.664. The number of benzodiazepines with no additional fused rings is 1. The number of amides is 2. The Bertz CT molecular complexity index is 999. The first-order chi connectivity index (χ1) is 14.4. The van der Waals surface area contributed by atoms with Crippen LogP contribution in [0.15, 0.2) is 53.5 Å². The third-order valence-corrected chi connectivity index (χ3v) is 5.37. The summed E-state index contributed by atoms with van der Waals surface area (Å²) >= 11 is 10.3. The highest BCUT2D eigenvalue weighted by Gasteiger charge is 2.37. The predicted molar refractivity (Wildman–Crippen MR) is 120 cm³/mol. The number of aliphatic imine (C=N–C) groups is 1. The topological polar surface area (TPSA) is 96.1 Å². The molecule has 1 radical (unpaired) electrons. The van der Waals surface area contributed by atoms with Crippen molar-refractivity contribution in [2.45, 2.75) is 12.2 Å². The molecule has 2 atom stereocenters. The van der Waals surface area contributed by atoms with Gasteiger partial charge in [0.05, 0.1) is 24.0 Å². The second-order valence-corrected chi connectivity index (χ2v) is 7.49. The van der Waals surface area contributed by atoms with Gasteiger partial charge in [-0.25, -0.2) is 4.99 Å². The molecule has 2 N–H and O–H groups in total. The summed E-state index contributed by atoms with van der Waals surface area (Å²) in [5, 5.41) is 0.444. The van der Waals surface area contributed by atoms with Gasteiger partial charge in [0, 0.05) is 29.0 Å². The number of halogens is 1. The van der Waals surface area contributed by atoms with E-state index in [1.807, 2.05) is 30.3 Å². The molecule has 9 heteroatoms. The Morgan fingerprint density at radius 3 is 2.67 bits per heavy atom. The van der Waals surface area contributed by atoms with Crippen LogP contribution < -0.4 is 10.6 Å². The van der Waals surface area contributed by atoms with E-state index in [1.54, 1.807) is 24.5 Å². The van der Waals surface area contributed by atoms with Crippen LogP contribution in [0.25, 0.3) is 0 Å². The van der Waals surface area contributed by atoms with Crippen molar-refractivity contribution in [3.63, 3.8) is 0 Å². The largest absolute Gasteiger partial charge is 0.319 e. The Morgan fingerprint density at radius 1 is 1.33 bits per heavy atom. The Hall–Kier alpha value is -2.68. The van der Waals surface area contributed by atoms with Gasteiger partial charge in [-0.05, 0) is 18.2 Å². The molecule has 0 aromatic heterocycles. The van der Waals surface area contributed by atoms with Crippen molar-refractivity contribution in [3.8, 4) is 0 Å². The smallest absolute Gasteiger partial charge is 0.272 e. The SMILES string of the molecule is CN(C(=O)C(N)CS)C1N=C(c2ccccc2)c2cc(Cl)ccc2N(C[C]=O)C1=O. The van der Waals surface area contributed by atoms with Crippen molar-refractivity contribution in [1.29, 1.82) is 0 Å². The minimum absolute atomic E-state index is 0.112. The summed E-state index contributed by atoms with van der Waals surface area (Å²) in [7, 11) is 1.45. The zero-order chi connectivity index (χ0) is 21.8. The normalized spacial score (nSPS) is 16.9. The van der Waals surface area contributed by atoms with Gasteiger partial charge < -0.3 is 15.5 Å². The molecule has 3 rings (SSSR count). The Kier molecular flexibility index (Phi) is 6.91. The molecule has 2 aromatic rings. The fourth-order valence-corrected chi connectivity index (χ4v) is 3.53. The molecule has 1 aliphatic heterocycles. The molecule has 0 saturated carbocycles. The summed E-state index contributed by atoms with van der Waals surface area (Å²) in [6.07, 6.45) is 0.535. The number of carbonyl (C=O) groups excluding carboxylic acids is 3. The van der Waals surface area contributed by atoms with Crippen LogP contribution in [0.1, 0.15) is 11.1 Å². The van der Waals surface area contributed by atoms with Crippen LogP contribution in [0.2, 0.25) is 5.02 Å². The molecule has 2 unspecified atom stereocenters. The van der Waals surface area contributed by atoms with Crippen LogP contribution in [0.3, 0.4) is 0 Å². The lowest BCUT2D eigenvalue weighted by Crippen LogP contribution is -2.53. The van der Waals surface area contributed by atoms with Gasteiger partial charge in [0.1, 0.15) is 0 Å². The summed E-state index contributed by atoms with van der Waals surface area (Å²) in [6.45, 7) is -0.317. The molecule has 0 saturated heterocycles. The number of fused-ring (bicyclic) bond motifs is 1. The Morgan fingerprint density at radius 2 is 2.03 bits per heavy atom. The maximum atomic E-state index is 13.4. The monoisotopic (exact) mass is 443 g/mol. The first-order valence-corrected chi connectivity index (χ1v) is 10.1. The number of thiol groups is 1. The fraction of sp³-hybridized carbons (Fsp3) is 0.238. The van der Waals surface area contributed by atoms with E-state index in [4.69, 9.17) is 17.3 Å². The summed E-state index contributed by atoms with van der Waals surface area (Å²) < 4.78 is 0. The predicted octanol–water partition coefficient (Wildman–Crippen LogP) is 1.68. The van der Waals surface area contributed by atoms with Crippen molar-refractivity contribution in [2.75, 3.05) is 24.2 Å². The Balaban J connectivity index is 2.24. The zero-order valence-electron chi connectivity index (χ0n) is 16.2. The minimum atomic E-state index is -1.22. The summed E-state index contributed by atoms with van der Waals surface area (Å²) in [5.74, 6) is -0.922. The van der Waals surface area contributed by atoms with Crippen molar-refractivity contribution in [2.24, 2.45) is 10.7 Å². The number of hydrogen-bond donors (Lipinski definition) is 2. The van der Waals surface area contributed by atoms with Gasteiger partial charge in [-0.1, -0.05) is 41.9 Å². The van der Waals surface area contributed by atoms with E-state index < -0.39 is 24.0 Å². The Labute approximate surface area is 184 Å². The number of benzene rings is 2. The highest BCUT2D eigenvalue weighted by Crippen LogP contribution is 2.31. The van der Waals surface area contributed by atoms with E-state index in [1.165, 1.54) is 16.8 Å². The number of nitrogens with zero attached hydrogens (tertiary/aromatic N) is 3. The van der Waals surface area contributed by atoms with E-state index in [2.05, 4.69) is 17.6 Å². The molecule has 0 fully saturated rings. The molecular weight excluding hydrogens is 424 g/mol. The third kappa shape index (κ3) is 4.26. The van der Waals surface area contributed by atoms with Crippen molar-refractivity contribution < 1.29 is 14.4 Å². The highest BCUT2D eigenvalue weighted by atomic mass is 35.5. The van der Waals surface area contributed by atoms with Gasteiger partial charge in [0.25, 0.3) is 5.91 Å². The molecule has 2 amide bonds. The van der Waals surface area contributed by atoms with E-state index in [0.29, 0.717) is 22.0 Å². The number of carbonyl (C=O) groups is 2. The second kappa shape index (κ2) is 9.42. The molecule has 155 valence electrons. The number of likely N-dealkylation sites (N-methyl/N-ethyl adjacent to an activating group) is 1. The van der Waals surface area contributed by atoms with Gasteiger partial charge in [0.2, 0.25) is 18.4 Å². The molecular formula is C21H20ClN4O3S. The van der Waals surface area contributed by atoms with Crippen LogP contribution >= 0.6 is 24.2 Å². The fourth-order valence-electron chi connectivity index (χ4n) is 3.20.